The highest BCUT2D eigenvalue weighted by Gasteiger charge is 2.45. The molecule has 0 bridgehead atoms. The van der Waals surface area contributed by atoms with Crippen LogP contribution in [0.5, 0.6) is 17.2 Å². The summed E-state index contributed by atoms with van der Waals surface area (Å²) in [5, 5.41) is 8.99. The van der Waals surface area contributed by atoms with Crippen molar-refractivity contribution in [2.45, 2.75) is 57.5 Å². The van der Waals surface area contributed by atoms with Crippen molar-refractivity contribution in [3.8, 4) is 17.2 Å². The first-order chi connectivity index (χ1) is 11.9. The molecule has 1 aromatic rings. The minimum absolute atomic E-state index is 0.0419. The fourth-order valence-corrected chi connectivity index (χ4v) is 4.26. The van der Waals surface area contributed by atoms with Crippen LogP contribution in [0.25, 0.3) is 0 Å². The number of ether oxygens (including phenoxy) is 3. The molecular weight excluding hydrogens is 324 g/mol. The van der Waals surface area contributed by atoms with E-state index in [1.807, 2.05) is 13.8 Å². The summed E-state index contributed by atoms with van der Waals surface area (Å²) in [7, 11) is 0. The number of carbonyl (C=O) groups excluding carboxylic acids is 1. The molecule has 25 heavy (non-hydrogen) atoms. The van der Waals surface area contributed by atoms with E-state index in [9.17, 15) is 9.59 Å². The largest absolute Gasteiger partial charge is 0.487 e. The summed E-state index contributed by atoms with van der Waals surface area (Å²) in [6.07, 6.45) is 4.24. The summed E-state index contributed by atoms with van der Waals surface area (Å²) < 4.78 is 17.3. The molecule has 0 aromatic heterocycles. The number of hydrogen-bond acceptors (Lipinski definition) is 5. The van der Waals surface area contributed by atoms with Crippen LogP contribution in [0, 0.1) is 5.92 Å². The average Bonchev–Trinajstić information content (AvgIpc) is 3.01. The highest BCUT2D eigenvalue weighted by Crippen LogP contribution is 2.55. The Kier molecular flexibility index (Phi) is 3.67. The molecule has 2 atom stereocenters. The number of benzene rings is 1. The van der Waals surface area contributed by atoms with Crippen LogP contribution in [0.2, 0.25) is 0 Å². The molecule has 6 nitrogen and oxygen atoms in total. The van der Waals surface area contributed by atoms with Crippen LogP contribution in [0.15, 0.2) is 6.07 Å². The maximum atomic E-state index is 12.4. The van der Waals surface area contributed by atoms with Crippen molar-refractivity contribution in [3.05, 3.63) is 17.2 Å². The Morgan fingerprint density at radius 2 is 2.12 bits per heavy atom. The van der Waals surface area contributed by atoms with Gasteiger partial charge in [0.15, 0.2) is 6.61 Å². The molecule has 2 heterocycles. The lowest BCUT2D eigenvalue weighted by molar-refractivity contribution is -0.141. The van der Waals surface area contributed by atoms with Crippen LogP contribution in [-0.4, -0.2) is 29.3 Å². The van der Waals surface area contributed by atoms with E-state index in [1.165, 1.54) is 0 Å². The maximum absolute atomic E-state index is 12.4. The Bertz CT molecular complexity index is 751. The third kappa shape index (κ3) is 2.73. The van der Waals surface area contributed by atoms with Gasteiger partial charge in [0.25, 0.3) is 0 Å². The lowest BCUT2D eigenvalue weighted by atomic mass is 9.82. The second-order valence-corrected chi connectivity index (χ2v) is 7.70. The van der Waals surface area contributed by atoms with E-state index in [0.717, 1.165) is 43.2 Å². The van der Waals surface area contributed by atoms with Crippen LogP contribution in [0.1, 0.15) is 56.6 Å². The predicted octanol–water partition coefficient (Wildman–Crippen LogP) is 3.06. The number of aliphatic carboxylic acids is 1. The van der Waals surface area contributed by atoms with Crippen molar-refractivity contribution in [1.82, 2.24) is 0 Å². The van der Waals surface area contributed by atoms with E-state index in [1.54, 1.807) is 6.07 Å². The van der Waals surface area contributed by atoms with Crippen molar-refractivity contribution in [1.29, 1.82) is 0 Å². The van der Waals surface area contributed by atoms with Crippen molar-refractivity contribution >= 4 is 11.9 Å². The van der Waals surface area contributed by atoms with E-state index in [4.69, 9.17) is 19.3 Å². The molecule has 0 spiro atoms. The van der Waals surface area contributed by atoms with Gasteiger partial charge in [-0.25, -0.2) is 4.79 Å². The van der Waals surface area contributed by atoms with Crippen molar-refractivity contribution in [2.75, 3.05) is 6.61 Å². The first-order valence-electron chi connectivity index (χ1n) is 8.81. The van der Waals surface area contributed by atoms with Crippen molar-refractivity contribution in [3.63, 3.8) is 0 Å². The van der Waals surface area contributed by atoms with Gasteiger partial charge in [-0.15, -0.1) is 0 Å². The van der Waals surface area contributed by atoms with E-state index >= 15 is 0 Å². The van der Waals surface area contributed by atoms with Crippen molar-refractivity contribution in [2.24, 2.45) is 5.92 Å². The monoisotopic (exact) mass is 346 g/mol. The number of carbonyl (C=O) groups is 2. The van der Waals surface area contributed by atoms with Crippen LogP contribution >= 0.6 is 0 Å². The van der Waals surface area contributed by atoms with Gasteiger partial charge >= 0.3 is 11.9 Å². The minimum atomic E-state index is -1.04. The van der Waals surface area contributed by atoms with Crippen LogP contribution in [0.4, 0.5) is 0 Å². The molecule has 1 aromatic carbocycles. The number of carboxylic acid groups (broad SMARTS) is 1. The molecule has 3 aliphatic rings. The summed E-state index contributed by atoms with van der Waals surface area (Å²) in [4.78, 5) is 23.4. The summed E-state index contributed by atoms with van der Waals surface area (Å²) in [5.74, 6) is 0.305. The molecular formula is C19H22O6. The van der Waals surface area contributed by atoms with Gasteiger partial charge in [0, 0.05) is 23.1 Å². The average molecular weight is 346 g/mol. The number of carboxylic acids is 1. The van der Waals surface area contributed by atoms with Crippen LogP contribution < -0.4 is 14.2 Å². The highest BCUT2D eigenvalue weighted by atomic mass is 16.5. The lowest BCUT2D eigenvalue weighted by Crippen LogP contribution is -2.35. The Hall–Kier alpha value is -2.24. The first-order valence-corrected chi connectivity index (χ1v) is 8.81. The fraction of sp³-hybridized carbons (Fsp3) is 0.579. The zero-order valence-corrected chi connectivity index (χ0v) is 14.5. The quantitative estimate of drug-likeness (QED) is 0.669. The molecule has 0 radical (unpaired) electrons. The van der Waals surface area contributed by atoms with Gasteiger partial charge in [0.2, 0.25) is 0 Å². The SMILES string of the molecule is CC1(C)CCc2c(cc(OCC(=O)O)c3c2OC(=O)C2CCCC32)O1. The van der Waals surface area contributed by atoms with Gasteiger partial charge in [-0.3, -0.25) is 4.79 Å². The molecule has 1 N–H and O–H groups in total. The van der Waals surface area contributed by atoms with Crippen molar-refractivity contribution < 1.29 is 28.9 Å². The first kappa shape index (κ1) is 16.2. The molecule has 2 aliphatic heterocycles. The zero-order chi connectivity index (χ0) is 17.8. The number of hydrogen-bond donors (Lipinski definition) is 1. The van der Waals surface area contributed by atoms with Crippen LogP contribution in [0.3, 0.4) is 0 Å². The number of rotatable bonds is 3. The maximum Gasteiger partial charge on any atom is 0.341 e. The highest BCUT2D eigenvalue weighted by molar-refractivity contribution is 5.82. The van der Waals surface area contributed by atoms with Crippen LogP contribution in [-0.2, 0) is 16.0 Å². The number of fused-ring (bicyclic) bond motifs is 5. The molecule has 6 heteroatoms. The smallest absolute Gasteiger partial charge is 0.341 e. The van der Waals surface area contributed by atoms with Gasteiger partial charge in [0.1, 0.15) is 22.8 Å². The fourth-order valence-electron chi connectivity index (χ4n) is 4.26. The molecule has 0 amide bonds. The third-order valence-electron chi connectivity index (χ3n) is 5.45. The summed E-state index contributed by atoms with van der Waals surface area (Å²) in [6.45, 7) is 3.58. The van der Waals surface area contributed by atoms with Gasteiger partial charge in [-0.05, 0) is 39.5 Å². The molecule has 1 saturated carbocycles. The zero-order valence-electron chi connectivity index (χ0n) is 14.5. The van der Waals surface area contributed by atoms with E-state index in [2.05, 4.69) is 0 Å². The molecule has 0 saturated heterocycles. The second kappa shape index (κ2) is 5.64. The molecule has 134 valence electrons. The van der Waals surface area contributed by atoms with Gasteiger partial charge in [-0.1, -0.05) is 6.42 Å². The third-order valence-corrected chi connectivity index (χ3v) is 5.45. The normalized spacial score (nSPS) is 25.9. The number of esters is 1. The summed E-state index contributed by atoms with van der Waals surface area (Å²) in [5.41, 5.74) is 1.43. The van der Waals surface area contributed by atoms with E-state index in [0.29, 0.717) is 17.2 Å². The lowest BCUT2D eigenvalue weighted by Gasteiger charge is -2.37. The standard InChI is InChI=1S/C19H22O6/c1-19(2)7-6-12-13(25-19)8-14(23-9-15(20)21)16-10-4-3-5-11(10)18(22)24-17(12)16/h8,10-11H,3-7,9H2,1-2H3,(H,20,21). The van der Waals surface area contributed by atoms with Gasteiger partial charge < -0.3 is 19.3 Å². The minimum Gasteiger partial charge on any atom is -0.487 e. The Morgan fingerprint density at radius 3 is 2.88 bits per heavy atom. The topological polar surface area (TPSA) is 82.1 Å². The summed E-state index contributed by atoms with van der Waals surface area (Å²) >= 11 is 0. The molecule has 1 aliphatic carbocycles. The van der Waals surface area contributed by atoms with Gasteiger partial charge in [-0.2, -0.15) is 0 Å². The Balaban J connectivity index is 1.85. The van der Waals surface area contributed by atoms with Gasteiger partial charge in [0.05, 0.1) is 5.92 Å². The van der Waals surface area contributed by atoms with E-state index < -0.39 is 12.6 Å². The van der Waals surface area contributed by atoms with E-state index in [-0.39, 0.29) is 23.4 Å². The Labute approximate surface area is 146 Å². The Morgan fingerprint density at radius 1 is 1.36 bits per heavy atom. The molecule has 4 rings (SSSR count). The second-order valence-electron chi connectivity index (χ2n) is 7.70. The molecule has 1 fully saturated rings. The molecule has 2 unspecified atom stereocenters. The summed E-state index contributed by atoms with van der Waals surface area (Å²) in [6, 6.07) is 1.78. The predicted molar refractivity (Wildman–Crippen MR) is 88.3 cm³/mol.